The summed E-state index contributed by atoms with van der Waals surface area (Å²) < 4.78 is 5.02. The van der Waals surface area contributed by atoms with E-state index in [1.54, 1.807) is 7.11 Å². The highest BCUT2D eigenvalue weighted by atomic mass is 16.5. The third kappa shape index (κ3) is 3.10. The van der Waals surface area contributed by atoms with Crippen LogP contribution in [0.5, 0.6) is 0 Å². The number of methoxy groups -OCH3 is 1. The van der Waals surface area contributed by atoms with Crippen molar-refractivity contribution < 1.29 is 9.84 Å². The molecule has 0 saturated carbocycles. The highest BCUT2D eigenvalue weighted by Gasteiger charge is 2.06. The van der Waals surface area contributed by atoms with Gasteiger partial charge in [0, 0.05) is 7.11 Å². The maximum Gasteiger partial charge on any atom is 0.0802 e. The minimum atomic E-state index is -0.461. The van der Waals surface area contributed by atoms with Crippen LogP contribution < -0.4 is 5.73 Å². The van der Waals surface area contributed by atoms with Crippen LogP contribution >= 0.6 is 0 Å². The van der Waals surface area contributed by atoms with Crippen molar-refractivity contribution in [3.8, 4) is 0 Å². The molecule has 0 aliphatic rings. The summed E-state index contributed by atoms with van der Waals surface area (Å²) in [6, 6.07) is 7.74. The lowest BCUT2D eigenvalue weighted by atomic mass is 10.0. The Bertz CT molecular complexity index is 276. The van der Waals surface area contributed by atoms with E-state index < -0.39 is 6.10 Å². The Balaban J connectivity index is 2.71. The van der Waals surface area contributed by atoms with Gasteiger partial charge in [-0.05, 0) is 24.1 Å². The Labute approximate surface area is 84.5 Å². The first-order chi connectivity index (χ1) is 6.77. The second kappa shape index (κ2) is 5.75. The van der Waals surface area contributed by atoms with Crippen molar-refractivity contribution >= 4 is 0 Å². The van der Waals surface area contributed by atoms with Crippen molar-refractivity contribution in [1.82, 2.24) is 0 Å². The first-order valence-electron chi connectivity index (χ1n) is 4.74. The average Bonchev–Trinajstić information content (AvgIpc) is 2.19. The number of ether oxygens (including phenoxy) is 1. The van der Waals surface area contributed by atoms with Gasteiger partial charge < -0.3 is 15.6 Å². The summed E-state index contributed by atoms with van der Waals surface area (Å²) in [5, 5.41) is 9.69. The van der Waals surface area contributed by atoms with E-state index in [9.17, 15) is 5.11 Å². The van der Waals surface area contributed by atoms with Crippen LogP contribution in [0, 0.1) is 0 Å². The summed E-state index contributed by atoms with van der Waals surface area (Å²) in [4.78, 5) is 0. The number of hydrogen-bond acceptors (Lipinski definition) is 3. The van der Waals surface area contributed by atoms with Crippen molar-refractivity contribution in [2.45, 2.75) is 19.1 Å². The molecule has 0 aliphatic heterocycles. The molecule has 0 bridgehead atoms. The molecule has 1 atom stereocenters. The van der Waals surface area contributed by atoms with E-state index in [2.05, 4.69) is 0 Å². The SMILES string of the molecule is COCc1cccc([C@@H](O)CCN)c1. The van der Waals surface area contributed by atoms with E-state index in [0.29, 0.717) is 19.6 Å². The molecule has 0 aromatic heterocycles. The average molecular weight is 195 g/mol. The summed E-state index contributed by atoms with van der Waals surface area (Å²) in [5.74, 6) is 0. The molecule has 3 heteroatoms. The molecule has 0 fully saturated rings. The quantitative estimate of drug-likeness (QED) is 0.742. The summed E-state index contributed by atoms with van der Waals surface area (Å²) in [5.41, 5.74) is 7.36. The number of benzene rings is 1. The molecule has 3 N–H and O–H groups in total. The van der Waals surface area contributed by atoms with Crippen LogP contribution in [0.4, 0.5) is 0 Å². The number of nitrogens with two attached hydrogens (primary N) is 1. The number of aliphatic hydroxyl groups is 1. The maximum absolute atomic E-state index is 9.69. The summed E-state index contributed by atoms with van der Waals surface area (Å²) in [6.07, 6.45) is 0.132. The van der Waals surface area contributed by atoms with Crippen LogP contribution in [0.1, 0.15) is 23.7 Å². The Morgan fingerprint density at radius 3 is 2.93 bits per heavy atom. The van der Waals surface area contributed by atoms with Crippen LogP contribution in [0.2, 0.25) is 0 Å². The minimum absolute atomic E-state index is 0.461. The van der Waals surface area contributed by atoms with E-state index in [0.717, 1.165) is 11.1 Å². The van der Waals surface area contributed by atoms with Gasteiger partial charge in [0.1, 0.15) is 0 Å². The molecule has 0 unspecified atom stereocenters. The molecule has 78 valence electrons. The fourth-order valence-electron chi connectivity index (χ4n) is 1.38. The van der Waals surface area contributed by atoms with Crippen LogP contribution in [-0.2, 0) is 11.3 Å². The summed E-state index contributed by atoms with van der Waals surface area (Å²) in [6.45, 7) is 1.07. The maximum atomic E-state index is 9.69. The van der Waals surface area contributed by atoms with E-state index in [-0.39, 0.29) is 0 Å². The first-order valence-corrected chi connectivity index (χ1v) is 4.74. The Kier molecular flexibility index (Phi) is 4.59. The van der Waals surface area contributed by atoms with Crippen LogP contribution in [-0.4, -0.2) is 18.8 Å². The zero-order valence-corrected chi connectivity index (χ0v) is 8.44. The third-order valence-corrected chi connectivity index (χ3v) is 2.09. The fourth-order valence-corrected chi connectivity index (χ4v) is 1.38. The molecule has 0 spiro atoms. The van der Waals surface area contributed by atoms with Gasteiger partial charge in [-0.25, -0.2) is 0 Å². The van der Waals surface area contributed by atoms with Gasteiger partial charge >= 0.3 is 0 Å². The lowest BCUT2D eigenvalue weighted by molar-refractivity contribution is 0.168. The highest BCUT2D eigenvalue weighted by Crippen LogP contribution is 2.17. The van der Waals surface area contributed by atoms with Gasteiger partial charge in [-0.1, -0.05) is 24.3 Å². The summed E-state index contributed by atoms with van der Waals surface area (Å²) >= 11 is 0. The third-order valence-electron chi connectivity index (χ3n) is 2.09. The number of hydrogen-bond donors (Lipinski definition) is 2. The Morgan fingerprint density at radius 1 is 1.50 bits per heavy atom. The van der Waals surface area contributed by atoms with E-state index in [4.69, 9.17) is 10.5 Å². The highest BCUT2D eigenvalue weighted by molar-refractivity contribution is 5.24. The monoisotopic (exact) mass is 195 g/mol. The lowest BCUT2D eigenvalue weighted by Crippen LogP contribution is -2.07. The van der Waals surface area contributed by atoms with Gasteiger partial charge in [0.15, 0.2) is 0 Å². The molecule has 0 amide bonds. The largest absolute Gasteiger partial charge is 0.388 e. The van der Waals surface area contributed by atoms with Crippen molar-refractivity contribution in [2.75, 3.05) is 13.7 Å². The molecule has 0 heterocycles. The van der Waals surface area contributed by atoms with E-state index >= 15 is 0 Å². The van der Waals surface area contributed by atoms with Gasteiger partial charge in [-0.3, -0.25) is 0 Å². The molecule has 1 aromatic rings. The number of rotatable bonds is 5. The van der Waals surface area contributed by atoms with Gasteiger partial charge in [0.25, 0.3) is 0 Å². The fraction of sp³-hybridized carbons (Fsp3) is 0.455. The minimum Gasteiger partial charge on any atom is -0.388 e. The van der Waals surface area contributed by atoms with E-state index in [1.165, 1.54) is 0 Å². The predicted molar refractivity (Wildman–Crippen MR) is 55.8 cm³/mol. The normalized spacial score (nSPS) is 12.8. The molecule has 1 aromatic carbocycles. The van der Waals surface area contributed by atoms with Gasteiger partial charge in [-0.2, -0.15) is 0 Å². The zero-order chi connectivity index (χ0) is 10.4. The van der Waals surface area contributed by atoms with Crippen molar-refractivity contribution in [3.63, 3.8) is 0 Å². The zero-order valence-electron chi connectivity index (χ0n) is 8.44. The lowest BCUT2D eigenvalue weighted by Gasteiger charge is -2.10. The molecular weight excluding hydrogens is 178 g/mol. The van der Waals surface area contributed by atoms with Gasteiger partial charge in [0.2, 0.25) is 0 Å². The van der Waals surface area contributed by atoms with Crippen molar-refractivity contribution in [3.05, 3.63) is 35.4 Å². The van der Waals surface area contributed by atoms with Crippen LogP contribution in [0.3, 0.4) is 0 Å². The van der Waals surface area contributed by atoms with E-state index in [1.807, 2.05) is 24.3 Å². The summed E-state index contributed by atoms with van der Waals surface area (Å²) in [7, 11) is 1.66. The topological polar surface area (TPSA) is 55.5 Å². The van der Waals surface area contributed by atoms with Crippen molar-refractivity contribution in [1.29, 1.82) is 0 Å². The van der Waals surface area contributed by atoms with Gasteiger partial charge in [-0.15, -0.1) is 0 Å². The standard InChI is InChI=1S/C11H17NO2/c1-14-8-9-3-2-4-10(7-9)11(13)5-6-12/h2-4,7,11,13H,5-6,8,12H2,1H3/t11-/m0/s1. The van der Waals surface area contributed by atoms with Crippen molar-refractivity contribution in [2.24, 2.45) is 5.73 Å². The predicted octanol–water partition coefficient (Wildman–Crippen LogP) is 1.22. The molecule has 1 rings (SSSR count). The van der Waals surface area contributed by atoms with Gasteiger partial charge in [0.05, 0.1) is 12.7 Å². The van der Waals surface area contributed by atoms with Crippen LogP contribution in [0.15, 0.2) is 24.3 Å². The molecular formula is C11H17NO2. The second-order valence-electron chi connectivity index (χ2n) is 3.27. The molecule has 0 aliphatic carbocycles. The molecule has 0 radical (unpaired) electrons. The second-order valence-corrected chi connectivity index (χ2v) is 3.27. The van der Waals surface area contributed by atoms with Crippen LogP contribution in [0.25, 0.3) is 0 Å². The Morgan fingerprint density at radius 2 is 2.29 bits per heavy atom. The smallest absolute Gasteiger partial charge is 0.0802 e. The first kappa shape index (κ1) is 11.2. The molecule has 14 heavy (non-hydrogen) atoms. The Hall–Kier alpha value is -0.900. The number of aliphatic hydroxyl groups excluding tert-OH is 1. The molecule has 0 saturated heterocycles. The molecule has 3 nitrogen and oxygen atoms in total.